The van der Waals surface area contributed by atoms with Crippen LogP contribution >= 0.6 is 11.3 Å². The number of thiophene rings is 1. The third-order valence-corrected chi connectivity index (χ3v) is 7.95. The molecule has 5 rings (SSSR count). The zero-order valence-electron chi connectivity index (χ0n) is 22.1. The fraction of sp³-hybridized carbons (Fsp3) is 0.281. The van der Waals surface area contributed by atoms with E-state index in [0.29, 0.717) is 35.8 Å². The standard InChI is InChI=1S/C32H32N2O4S/c1-2-3-19-37-32(36)24-15-13-23(14-16-24)27-18-17-25(38-27)21-34-31-29(26-11-7-8-12-28(26)39-31)30(35)33-20-22-9-5-4-6-10-22/h4-6,9-10,13-18,21H,2-3,7-8,11-12,19-20H2,1H3,(H,33,35). The first-order valence-corrected chi connectivity index (χ1v) is 14.3. The molecule has 2 aromatic heterocycles. The summed E-state index contributed by atoms with van der Waals surface area (Å²) in [5.74, 6) is 0.868. The Bertz CT molecular complexity index is 1450. The number of furan rings is 1. The minimum Gasteiger partial charge on any atom is -0.462 e. The second-order valence-electron chi connectivity index (χ2n) is 9.59. The number of aryl methyl sites for hydroxylation is 1. The summed E-state index contributed by atoms with van der Waals surface area (Å²) in [6.07, 6.45) is 7.63. The van der Waals surface area contributed by atoms with Crippen LogP contribution in [0.2, 0.25) is 0 Å². The van der Waals surface area contributed by atoms with Crippen molar-refractivity contribution in [3.05, 3.63) is 99.6 Å². The molecule has 0 spiro atoms. The maximum Gasteiger partial charge on any atom is 0.338 e. The maximum atomic E-state index is 13.3. The third kappa shape index (κ3) is 6.55. The van der Waals surface area contributed by atoms with Gasteiger partial charge in [-0.15, -0.1) is 11.3 Å². The van der Waals surface area contributed by atoms with Crippen LogP contribution in [-0.4, -0.2) is 24.7 Å². The largest absolute Gasteiger partial charge is 0.462 e. The summed E-state index contributed by atoms with van der Waals surface area (Å²) in [6, 6.07) is 20.8. The van der Waals surface area contributed by atoms with E-state index in [2.05, 4.69) is 12.2 Å². The van der Waals surface area contributed by atoms with Crippen molar-refractivity contribution in [3.8, 4) is 11.3 Å². The summed E-state index contributed by atoms with van der Waals surface area (Å²) < 4.78 is 11.3. The Hall–Kier alpha value is -3.97. The van der Waals surface area contributed by atoms with Gasteiger partial charge in [0, 0.05) is 17.0 Å². The van der Waals surface area contributed by atoms with Crippen molar-refractivity contribution >= 4 is 34.4 Å². The minimum atomic E-state index is -0.315. The van der Waals surface area contributed by atoms with E-state index < -0.39 is 0 Å². The van der Waals surface area contributed by atoms with Gasteiger partial charge in [0.1, 0.15) is 16.5 Å². The molecule has 1 aliphatic rings. The number of hydrogen-bond acceptors (Lipinski definition) is 6. The normalized spacial score (nSPS) is 12.8. The predicted octanol–water partition coefficient (Wildman–Crippen LogP) is 7.52. The van der Waals surface area contributed by atoms with Crippen LogP contribution in [0.1, 0.15) is 75.1 Å². The SMILES string of the molecule is CCCCOC(=O)c1ccc(-c2ccc(C=Nc3sc4c(c3C(=O)NCc3ccccc3)CCCC4)o2)cc1. The van der Waals surface area contributed by atoms with Crippen LogP contribution in [-0.2, 0) is 24.1 Å². The molecule has 7 heteroatoms. The molecule has 1 amide bonds. The molecule has 2 aromatic carbocycles. The van der Waals surface area contributed by atoms with E-state index in [4.69, 9.17) is 14.1 Å². The van der Waals surface area contributed by atoms with Gasteiger partial charge in [-0.05, 0) is 67.5 Å². The number of rotatable bonds is 10. The van der Waals surface area contributed by atoms with E-state index >= 15 is 0 Å². The van der Waals surface area contributed by atoms with Crippen LogP contribution in [0.4, 0.5) is 5.00 Å². The second-order valence-corrected chi connectivity index (χ2v) is 10.7. The minimum absolute atomic E-state index is 0.0844. The Morgan fingerprint density at radius 1 is 1.03 bits per heavy atom. The van der Waals surface area contributed by atoms with Crippen molar-refractivity contribution < 1.29 is 18.7 Å². The summed E-state index contributed by atoms with van der Waals surface area (Å²) in [5.41, 5.74) is 4.26. The molecule has 0 atom stereocenters. The molecule has 4 aromatic rings. The third-order valence-electron chi connectivity index (χ3n) is 6.75. The number of esters is 1. The number of aliphatic imine (C=N–C) groups is 1. The van der Waals surface area contributed by atoms with Gasteiger partial charge in [-0.25, -0.2) is 9.79 Å². The molecule has 0 saturated carbocycles. The Morgan fingerprint density at radius 2 is 1.82 bits per heavy atom. The van der Waals surface area contributed by atoms with E-state index in [1.807, 2.05) is 54.6 Å². The monoisotopic (exact) mass is 540 g/mol. The van der Waals surface area contributed by atoms with Crippen LogP contribution in [0.25, 0.3) is 11.3 Å². The number of ether oxygens (including phenoxy) is 1. The molecule has 1 N–H and O–H groups in total. The fourth-order valence-electron chi connectivity index (χ4n) is 4.61. The van der Waals surface area contributed by atoms with E-state index in [1.165, 1.54) is 4.88 Å². The first-order valence-electron chi connectivity index (χ1n) is 13.5. The average molecular weight is 541 g/mol. The number of benzene rings is 2. The summed E-state index contributed by atoms with van der Waals surface area (Å²) >= 11 is 1.60. The molecule has 6 nitrogen and oxygen atoms in total. The van der Waals surface area contributed by atoms with E-state index in [9.17, 15) is 9.59 Å². The molecule has 1 aliphatic carbocycles. The highest BCUT2D eigenvalue weighted by molar-refractivity contribution is 7.16. The average Bonchev–Trinajstić information content (AvgIpc) is 3.60. The summed E-state index contributed by atoms with van der Waals surface area (Å²) in [7, 11) is 0. The Balaban J connectivity index is 1.30. The molecule has 0 fully saturated rings. The predicted molar refractivity (Wildman–Crippen MR) is 155 cm³/mol. The Morgan fingerprint density at radius 3 is 2.62 bits per heavy atom. The first kappa shape index (κ1) is 26.6. The number of fused-ring (bicyclic) bond motifs is 1. The number of nitrogens with one attached hydrogen (secondary N) is 1. The van der Waals surface area contributed by atoms with E-state index in [0.717, 1.165) is 60.2 Å². The summed E-state index contributed by atoms with van der Waals surface area (Å²) in [4.78, 5) is 31.4. The van der Waals surface area contributed by atoms with Crippen LogP contribution < -0.4 is 5.32 Å². The highest BCUT2D eigenvalue weighted by Gasteiger charge is 2.25. The highest BCUT2D eigenvalue weighted by atomic mass is 32.1. The van der Waals surface area contributed by atoms with Crippen LogP contribution in [0.3, 0.4) is 0 Å². The molecular formula is C32H32N2O4S. The maximum absolute atomic E-state index is 13.3. The van der Waals surface area contributed by atoms with Gasteiger partial charge < -0.3 is 14.5 Å². The molecular weight excluding hydrogens is 508 g/mol. The zero-order valence-corrected chi connectivity index (χ0v) is 22.9. The van der Waals surface area contributed by atoms with Crippen molar-refractivity contribution in [1.82, 2.24) is 5.32 Å². The molecule has 0 bridgehead atoms. The van der Waals surface area contributed by atoms with Gasteiger partial charge >= 0.3 is 5.97 Å². The van der Waals surface area contributed by atoms with Crippen molar-refractivity contribution in [2.24, 2.45) is 4.99 Å². The Labute approximate surface area is 232 Å². The van der Waals surface area contributed by atoms with Crippen LogP contribution in [0, 0.1) is 0 Å². The van der Waals surface area contributed by atoms with Crippen molar-refractivity contribution in [2.75, 3.05) is 6.61 Å². The summed E-state index contributed by atoms with van der Waals surface area (Å²) in [5, 5.41) is 3.80. The quantitative estimate of drug-likeness (QED) is 0.128. The lowest BCUT2D eigenvalue weighted by molar-refractivity contribution is 0.0499. The van der Waals surface area contributed by atoms with Crippen LogP contribution in [0.5, 0.6) is 0 Å². The molecule has 0 aliphatic heterocycles. The van der Waals surface area contributed by atoms with Crippen molar-refractivity contribution in [3.63, 3.8) is 0 Å². The summed E-state index contributed by atoms with van der Waals surface area (Å²) in [6.45, 7) is 2.97. The number of unbranched alkanes of at least 4 members (excludes halogenated alkanes) is 1. The molecule has 0 unspecified atom stereocenters. The van der Waals surface area contributed by atoms with Gasteiger partial charge in [-0.1, -0.05) is 55.8 Å². The van der Waals surface area contributed by atoms with E-state index in [1.54, 1.807) is 29.7 Å². The lowest BCUT2D eigenvalue weighted by atomic mass is 9.95. The van der Waals surface area contributed by atoms with Gasteiger partial charge in [0.15, 0.2) is 0 Å². The molecule has 0 radical (unpaired) electrons. The molecule has 2 heterocycles. The lowest BCUT2D eigenvalue weighted by Crippen LogP contribution is -2.24. The lowest BCUT2D eigenvalue weighted by Gasteiger charge is -2.12. The molecule has 0 saturated heterocycles. The number of hydrogen-bond donors (Lipinski definition) is 1. The first-order chi connectivity index (χ1) is 19.1. The number of amides is 1. The number of carbonyl (C=O) groups is 2. The van der Waals surface area contributed by atoms with E-state index in [-0.39, 0.29) is 11.9 Å². The van der Waals surface area contributed by atoms with Gasteiger partial charge in [-0.2, -0.15) is 0 Å². The van der Waals surface area contributed by atoms with Gasteiger partial charge in [0.2, 0.25) is 0 Å². The number of nitrogens with zero attached hydrogens (tertiary/aromatic N) is 1. The van der Waals surface area contributed by atoms with Crippen molar-refractivity contribution in [1.29, 1.82) is 0 Å². The smallest absolute Gasteiger partial charge is 0.338 e. The topological polar surface area (TPSA) is 80.9 Å². The Kier molecular flexibility index (Phi) is 8.68. The zero-order chi connectivity index (χ0) is 27.0. The second kappa shape index (κ2) is 12.7. The molecule has 39 heavy (non-hydrogen) atoms. The van der Waals surface area contributed by atoms with Crippen LogP contribution in [0.15, 0.2) is 76.1 Å². The number of carbonyl (C=O) groups excluding carboxylic acids is 2. The molecule has 200 valence electrons. The fourth-order valence-corrected chi connectivity index (χ4v) is 5.84. The van der Waals surface area contributed by atoms with Gasteiger partial charge in [0.25, 0.3) is 5.91 Å². The van der Waals surface area contributed by atoms with Gasteiger partial charge in [0.05, 0.1) is 23.9 Å². The van der Waals surface area contributed by atoms with Crippen molar-refractivity contribution in [2.45, 2.75) is 52.0 Å². The highest BCUT2D eigenvalue weighted by Crippen LogP contribution is 2.40. The van der Waals surface area contributed by atoms with Gasteiger partial charge in [-0.3, -0.25) is 4.79 Å².